The van der Waals surface area contributed by atoms with E-state index in [9.17, 15) is 19.6 Å². The van der Waals surface area contributed by atoms with Crippen molar-refractivity contribution in [2.75, 3.05) is 25.1 Å². The molecule has 10 nitrogen and oxygen atoms in total. The van der Waals surface area contributed by atoms with Gasteiger partial charge in [0.2, 0.25) is 0 Å². The summed E-state index contributed by atoms with van der Waals surface area (Å²) in [6, 6.07) is 8.65. The number of aromatic nitrogens is 3. The van der Waals surface area contributed by atoms with Gasteiger partial charge in [-0.1, -0.05) is 18.1 Å². The van der Waals surface area contributed by atoms with Gasteiger partial charge in [-0.05, 0) is 31.9 Å². The Kier molecular flexibility index (Phi) is 7.00. The van der Waals surface area contributed by atoms with Crippen molar-refractivity contribution in [3.63, 3.8) is 0 Å². The molecule has 1 atom stereocenters. The first-order valence-electron chi connectivity index (χ1n) is 11.7. The number of nitriles is 1. The number of benzene rings is 1. The fraction of sp³-hybridized carbons (Fsp3) is 0.385. The van der Waals surface area contributed by atoms with E-state index in [1.807, 2.05) is 4.90 Å². The van der Waals surface area contributed by atoms with E-state index in [2.05, 4.69) is 17.9 Å². The van der Waals surface area contributed by atoms with Gasteiger partial charge in [0.25, 0.3) is 5.56 Å². The molecule has 0 saturated carbocycles. The molecule has 3 heterocycles. The molecule has 1 fully saturated rings. The number of methoxy groups -OCH3 is 1. The van der Waals surface area contributed by atoms with Crippen LogP contribution in [0.1, 0.15) is 35.7 Å². The van der Waals surface area contributed by atoms with E-state index in [1.165, 1.54) is 18.7 Å². The Hall–Kier alpha value is -4.28. The van der Waals surface area contributed by atoms with Crippen molar-refractivity contribution in [1.29, 1.82) is 5.26 Å². The van der Waals surface area contributed by atoms with Crippen LogP contribution >= 0.6 is 0 Å². The van der Waals surface area contributed by atoms with Crippen molar-refractivity contribution >= 4 is 22.6 Å². The summed E-state index contributed by atoms with van der Waals surface area (Å²) in [5.41, 5.74) is 5.80. The van der Waals surface area contributed by atoms with Crippen molar-refractivity contribution < 1.29 is 9.53 Å². The average molecular weight is 489 g/mol. The molecule has 3 aromatic rings. The number of piperidine rings is 1. The lowest BCUT2D eigenvalue weighted by Gasteiger charge is -2.33. The molecule has 0 amide bonds. The van der Waals surface area contributed by atoms with Crippen molar-refractivity contribution in [1.82, 2.24) is 13.7 Å². The molecule has 0 unspecified atom stereocenters. The molecular weight excluding hydrogens is 460 g/mol. The van der Waals surface area contributed by atoms with Crippen LogP contribution in [0.4, 0.5) is 5.82 Å². The lowest BCUT2D eigenvalue weighted by molar-refractivity contribution is 0.0968. The number of ether oxygens (including phenoxy) is 1. The molecule has 1 aliphatic rings. The van der Waals surface area contributed by atoms with Gasteiger partial charge in [0.15, 0.2) is 5.78 Å². The number of nitrogens with two attached hydrogens (primary N) is 1. The summed E-state index contributed by atoms with van der Waals surface area (Å²) < 4.78 is 9.03. The van der Waals surface area contributed by atoms with Crippen LogP contribution in [0.3, 0.4) is 0 Å². The first kappa shape index (κ1) is 24.8. The zero-order chi connectivity index (χ0) is 26.0. The normalized spacial score (nSPS) is 15.3. The third kappa shape index (κ3) is 4.28. The number of Topliss-reactive ketones (excluding diaryl/α,β-unsaturated/α-hetero) is 1. The number of rotatable bonds is 6. The minimum Gasteiger partial charge on any atom is -0.497 e. The second kappa shape index (κ2) is 10.1. The van der Waals surface area contributed by atoms with Gasteiger partial charge in [0.1, 0.15) is 28.7 Å². The number of hydrogen-bond acceptors (Lipinski definition) is 7. The van der Waals surface area contributed by atoms with Gasteiger partial charge in [0.05, 0.1) is 25.7 Å². The Balaban J connectivity index is 1.95. The molecule has 186 valence electrons. The summed E-state index contributed by atoms with van der Waals surface area (Å²) in [4.78, 5) is 42.1. The van der Waals surface area contributed by atoms with E-state index in [-0.39, 0.29) is 29.2 Å². The predicted molar refractivity (Wildman–Crippen MR) is 136 cm³/mol. The van der Waals surface area contributed by atoms with Crippen molar-refractivity contribution in [3.8, 4) is 23.7 Å². The molecule has 36 heavy (non-hydrogen) atoms. The van der Waals surface area contributed by atoms with E-state index < -0.39 is 23.6 Å². The molecule has 0 spiro atoms. The SMILES string of the molecule is CC#CCn1c(N2CCC[C@H](N)C2)c(C#N)c2c1c(=O)n(CC(=O)c1cccc(OC)c1)c(=O)n2C. The fourth-order valence-corrected chi connectivity index (χ4v) is 4.74. The molecular formula is C26H28N6O4. The van der Waals surface area contributed by atoms with Crippen LogP contribution in [0, 0.1) is 23.2 Å². The molecule has 1 aromatic carbocycles. The number of carbonyl (C=O) groups is 1. The van der Waals surface area contributed by atoms with Crippen LogP contribution < -0.4 is 26.6 Å². The van der Waals surface area contributed by atoms with E-state index in [4.69, 9.17) is 10.5 Å². The van der Waals surface area contributed by atoms with Gasteiger partial charge in [-0.2, -0.15) is 5.26 Å². The molecule has 0 aliphatic carbocycles. The van der Waals surface area contributed by atoms with Gasteiger partial charge >= 0.3 is 5.69 Å². The van der Waals surface area contributed by atoms with Gasteiger partial charge in [0, 0.05) is 31.7 Å². The summed E-state index contributed by atoms with van der Waals surface area (Å²) in [5.74, 6) is 6.41. The molecule has 0 radical (unpaired) electrons. The van der Waals surface area contributed by atoms with Gasteiger partial charge in [-0.15, -0.1) is 5.92 Å². The lowest BCUT2D eigenvalue weighted by atomic mass is 10.1. The van der Waals surface area contributed by atoms with Crippen molar-refractivity contribution in [2.24, 2.45) is 12.8 Å². The number of carbonyl (C=O) groups excluding carboxylic acids is 1. The van der Waals surface area contributed by atoms with Gasteiger partial charge < -0.3 is 19.9 Å². The second-order valence-electron chi connectivity index (χ2n) is 8.76. The topological polar surface area (TPSA) is 128 Å². The third-order valence-corrected chi connectivity index (χ3v) is 6.49. The Labute approximate surface area is 208 Å². The molecule has 10 heteroatoms. The maximum Gasteiger partial charge on any atom is 0.331 e. The predicted octanol–water partition coefficient (Wildman–Crippen LogP) is 1.22. The number of anilines is 1. The van der Waals surface area contributed by atoms with Crippen LogP contribution in [0.5, 0.6) is 5.75 Å². The quantitative estimate of drug-likeness (QED) is 0.408. The number of hydrogen-bond donors (Lipinski definition) is 1. The standard InChI is InChI=1S/C26H28N6O4/c1-4-5-12-31-23-22(20(14-27)24(31)30-11-7-9-18(28)15-30)29(2)26(35)32(25(23)34)16-21(33)17-8-6-10-19(13-17)36-3/h6,8,10,13,18H,7,9,11-12,15-16,28H2,1-3H3/t18-/m0/s1. The van der Waals surface area contributed by atoms with Gasteiger partial charge in [-0.25, -0.2) is 4.79 Å². The summed E-state index contributed by atoms with van der Waals surface area (Å²) in [7, 11) is 2.99. The monoisotopic (exact) mass is 488 g/mol. The Morgan fingerprint density at radius 3 is 2.69 bits per heavy atom. The van der Waals surface area contributed by atoms with Crippen LogP contribution in [-0.4, -0.2) is 45.7 Å². The van der Waals surface area contributed by atoms with Gasteiger partial charge in [-0.3, -0.25) is 18.7 Å². The number of fused-ring (bicyclic) bond motifs is 1. The molecule has 1 aliphatic heterocycles. The second-order valence-corrected chi connectivity index (χ2v) is 8.76. The zero-order valence-electron chi connectivity index (χ0n) is 20.6. The van der Waals surface area contributed by atoms with Crippen LogP contribution in [-0.2, 0) is 20.1 Å². The zero-order valence-corrected chi connectivity index (χ0v) is 20.6. The highest BCUT2D eigenvalue weighted by Crippen LogP contribution is 2.32. The Bertz CT molecular complexity index is 1560. The molecule has 4 rings (SSSR count). The first-order chi connectivity index (χ1) is 17.3. The highest BCUT2D eigenvalue weighted by Gasteiger charge is 2.30. The van der Waals surface area contributed by atoms with Crippen molar-refractivity contribution in [2.45, 2.75) is 38.9 Å². The molecule has 2 aromatic heterocycles. The van der Waals surface area contributed by atoms with Crippen LogP contribution in [0.2, 0.25) is 0 Å². The van der Waals surface area contributed by atoms with E-state index in [0.29, 0.717) is 30.2 Å². The highest BCUT2D eigenvalue weighted by atomic mass is 16.5. The van der Waals surface area contributed by atoms with Crippen LogP contribution in [0.25, 0.3) is 11.0 Å². The summed E-state index contributed by atoms with van der Waals surface area (Å²) in [6.07, 6.45) is 1.70. The maximum absolute atomic E-state index is 13.8. The Morgan fingerprint density at radius 1 is 1.25 bits per heavy atom. The van der Waals surface area contributed by atoms with E-state index in [0.717, 1.165) is 17.4 Å². The van der Waals surface area contributed by atoms with Crippen LogP contribution in [0.15, 0.2) is 33.9 Å². The number of aryl methyl sites for hydroxylation is 1. The first-order valence-corrected chi connectivity index (χ1v) is 11.7. The minimum atomic E-state index is -0.680. The largest absolute Gasteiger partial charge is 0.497 e. The summed E-state index contributed by atoms with van der Waals surface area (Å²) in [6.45, 7) is 2.56. The number of ketones is 1. The highest BCUT2D eigenvalue weighted by molar-refractivity contribution is 5.96. The average Bonchev–Trinajstić information content (AvgIpc) is 3.22. The summed E-state index contributed by atoms with van der Waals surface area (Å²) in [5, 5.41) is 10.1. The Morgan fingerprint density at radius 2 is 2.03 bits per heavy atom. The molecule has 1 saturated heterocycles. The van der Waals surface area contributed by atoms with E-state index >= 15 is 0 Å². The lowest BCUT2D eigenvalue weighted by Crippen LogP contribution is -2.44. The summed E-state index contributed by atoms with van der Waals surface area (Å²) >= 11 is 0. The smallest absolute Gasteiger partial charge is 0.331 e. The third-order valence-electron chi connectivity index (χ3n) is 6.49. The minimum absolute atomic E-state index is 0.0741. The van der Waals surface area contributed by atoms with E-state index in [1.54, 1.807) is 35.8 Å². The molecule has 2 N–H and O–H groups in total. The maximum atomic E-state index is 13.8. The number of nitrogens with zero attached hydrogens (tertiary/aromatic N) is 5. The molecule has 0 bridgehead atoms. The fourth-order valence-electron chi connectivity index (χ4n) is 4.74. The van der Waals surface area contributed by atoms with Crippen molar-refractivity contribution in [3.05, 3.63) is 56.2 Å².